The molecule has 0 spiro atoms. The third kappa shape index (κ3) is 3.33. The number of rotatable bonds is 3. The van der Waals surface area contributed by atoms with Gasteiger partial charge >= 0.3 is 0 Å². The number of para-hydroxylation sites is 1. The first-order valence-electron chi connectivity index (χ1n) is 8.71. The molecule has 0 bridgehead atoms. The Morgan fingerprint density at radius 2 is 1.88 bits per heavy atom. The van der Waals surface area contributed by atoms with E-state index in [1.165, 1.54) is 12.1 Å². The van der Waals surface area contributed by atoms with E-state index in [4.69, 9.17) is 0 Å². The smallest absolute Gasteiger partial charge is 0.274 e. The van der Waals surface area contributed by atoms with Crippen LogP contribution in [0.15, 0.2) is 60.7 Å². The van der Waals surface area contributed by atoms with Gasteiger partial charge in [0, 0.05) is 29.9 Å². The molecule has 1 unspecified atom stereocenters. The minimum Gasteiger partial charge on any atom is -0.371 e. The van der Waals surface area contributed by atoms with E-state index in [1.54, 1.807) is 6.07 Å². The van der Waals surface area contributed by atoms with Gasteiger partial charge < -0.3 is 10.2 Å². The third-order valence-electron chi connectivity index (χ3n) is 4.75. The molecule has 1 saturated heterocycles. The number of carbonyl (C=O) groups is 1. The van der Waals surface area contributed by atoms with Gasteiger partial charge in [0.25, 0.3) is 5.91 Å². The summed E-state index contributed by atoms with van der Waals surface area (Å²) in [6.45, 7) is 4.49. The van der Waals surface area contributed by atoms with Crippen LogP contribution in [-0.2, 0) is 0 Å². The molecule has 1 aliphatic heterocycles. The SMILES string of the molecule is CC1CCN(c2ccc(NC(=O)c3ccc4ccccc4n3)cc2)C1. The average Bonchev–Trinajstić information content (AvgIpc) is 3.08. The number of carbonyl (C=O) groups excluding carboxylic acids is 1. The molecule has 0 radical (unpaired) electrons. The van der Waals surface area contributed by atoms with Crippen LogP contribution in [-0.4, -0.2) is 24.0 Å². The van der Waals surface area contributed by atoms with E-state index in [2.05, 4.69) is 34.3 Å². The summed E-state index contributed by atoms with van der Waals surface area (Å²) >= 11 is 0. The maximum atomic E-state index is 12.5. The topological polar surface area (TPSA) is 45.2 Å². The number of aromatic nitrogens is 1. The van der Waals surface area contributed by atoms with E-state index in [0.29, 0.717) is 5.69 Å². The largest absolute Gasteiger partial charge is 0.371 e. The molecule has 4 heteroatoms. The van der Waals surface area contributed by atoms with Crippen LogP contribution in [0.2, 0.25) is 0 Å². The van der Waals surface area contributed by atoms with Gasteiger partial charge in [0.2, 0.25) is 0 Å². The first-order chi connectivity index (χ1) is 12.2. The summed E-state index contributed by atoms with van der Waals surface area (Å²) in [6, 6.07) is 19.5. The number of pyridine rings is 1. The van der Waals surface area contributed by atoms with E-state index in [-0.39, 0.29) is 5.91 Å². The van der Waals surface area contributed by atoms with Crippen molar-refractivity contribution in [3.8, 4) is 0 Å². The molecular weight excluding hydrogens is 310 g/mol. The van der Waals surface area contributed by atoms with Gasteiger partial charge in [0.05, 0.1) is 5.52 Å². The van der Waals surface area contributed by atoms with Crippen molar-refractivity contribution in [2.24, 2.45) is 5.92 Å². The van der Waals surface area contributed by atoms with Gasteiger partial charge in [-0.05, 0) is 48.7 Å². The van der Waals surface area contributed by atoms with Crippen LogP contribution in [0.4, 0.5) is 11.4 Å². The Hall–Kier alpha value is -2.88. The van der Waals surface area contributed by atoms with Crippen LogP contribution in [0.5, 0.6) is 0 Å². The fraction of sp³-hybridized carbons (Fsp3) is 0.238. The lowest BCUT2D eigenvalue weighted by atomic mass is 10.2. The first kappa shape index (κ1) is 15.6. The number of anilines is 2. The number of nitrogens with one attached hydrogen (secondary N) is 1. The highest BCUT2D eigenvalue weighted by atomic mass is 16.1. The highest BCUT2D eigenvalue weighted by molar-refractivity contribution is 6.04. The number of fused-ring (bicyclic) bond motifs is 1. The van der Waals surface area contributed by atoms with Crippen molar-refractivity contribution in [2.75, 3.05) is 23.3 Å². The predicted molar refractivity (Wildman–Crippen MR) is 102 cm³/mol. The van der Waals surface area contributed by atoms with E-state index in [9.17, 15) is 4.79 Å². The minimum absolute atomic E-state index is 0.187. The van der Waals surface area contributed by atoms with Crippen LogP contribution in [0, 0.1) is 5.92 Å². The molecular formula is C21H21N3O. The van der Waals surface area contributed by atoms with Crippen LogP contribution in [0.1, 0.15) is 23.8 Å². The fourth-order valence-electron chi connectivity index (χ4n) is 3.31. The van der Waals surface area contributed by atoms with Crippen molar-refractivity contribution >= 4 is 28.2 Å². The molecule has 1 fully saturated rings. The molecule has 25 heavy (non-hydrogen) atoms. The lowest BCUT2D eigenvalue weighted by Gasteiger charge is -2.18. The molecule has 1 amide bonds. The van der Waals surface area contributed by atoms with E-state index >= 15 is 0 Å². The van der Waals surface area contributed by atoms with Crippen LogP contribution >= 0.6 is 0 Å². The van der Waals surface area contributed by atoms with Crippen molar-refractivity contribution in [3.05, 3.63) is 66.4 Å². The highest BCUT2D eigenvalue weighted by Gasteiger charge is 2.18. The molecule has 0 aliphatic carbocycles. The van der Waals surface area contributed by atoms with Gasteiger partial charge in [-0.1, -0.05) is 31.2 Å². The van der Waals surface area contributed by atoms with Gasteiger partial charge in [-0.2, -0.15) is 0 Å². The monoisotopic (exact) mass is 331 g/mol. The molecule has 4 nitrogen and oxygen atoms in total. The molecule has 1 aromatic heterocycles. The fourth-order valence-corrected chi connectivity index (χ4v) is 3.31. The molecule has 0 saturated carbocycles. The van der Waals surface area contributed by atoms with Crippen molar-refractivity contribution in [1.29, 1.82) is 0 Å². The third-order valence-corrected chi connectivity index (χ3v) is 4.75. The Morgan fingerprint density at radius 3 is 2.64 bits per heavy atom. The maximum absolute atomic E-state index is 12.5. The Balaban J connectivity index is 1.48. The van der Waals surface area contributed by atoms with Crippen molar-refractivity contribution in [3.63, 3.8) is 0 Å². The number of benzene rings is 2. The first-order valence-corrected chi connectivity index (χ1v) is 8.71. The zero-order valence-corrected chi connectivity index (χ0v) is 14.3. The Morgan fingerprint density at radius 1 is 1.08 bits per heavy atom. The highest BCUT2D eigenvalue weighted by Crippen LogP contribution is 2.25. The zero-order chi connectivity index (χ0) is 17.2. The summed E-state index contributed by atoms with van der Waals surface area (Å²) in [6.07, 6.45) is 1.24. The molecule has 1 atom stereocenters. The average molecular weight is 331 g/mol. The zero-order valence-electron chi connectivity index (χ0n) is 14.3. The summed E-state index contributed by atoms with van der Waals surface area (Å²) < 4.78 is 0. The second-order valence-electron chi connectivity index (χ2n) is 6.73. The lowest BCUT2D eigenvalue weighted by molar-refractivity contribution is 0.102. The molecule has 1 aliphatic rings. The lowest BCUT2D eigenvalue weighted by Crippen LogP contribution is -2.19. The summed E-state index contributed by atoms with van der Waals surface area (Å²) in [5.74, 6) is 0.562. The number of hydrogen-bond donors (Lipinski definition) is 1. The summed E-state index contributed by atoms with van der Waals surface area (Å²) in [4.78, 5) is 19.3. The Kier molecular flexibility index (Phi) is 4.10. The van der Waals surface area contributed by atoms with Crippen molar-refractivity contribution < 1.29 is 4.79 Å². The molecule has 2 heterocycles. The second-order valence-corrected chi connectivity index (χ2v) is 6.73. The Bertz CT molecular complexity index is 904. The van der Waals surface area contributed by atoms with Gasteiger partial charge in [-0.15, -0.1) is 0 Å². The number of amides is 1. The summed E-state index contributed by atoms with van der Waals surface area (Å²) in [5.41, 5.74) is 3.26. The maximum Gasteiger partial charge on any atom is 0.274 e. The van der Waals surface area contributed by atoms with Gasteiger partial charge in [-0.25, -0.2) is 4.98 Å². The predicted octanol–water partition coefficient (Wildman–Crippen LogP) is 4.33. The van der Waals surface area contributed by atoms with Crippen molar-refractivity contribution in [2.45, 2.75) is 13.3 Å². The van der Waals surface area contributed by atoms with E-state index in [1.807, 2.05) is 42.5 Å². The normalized spacial score (nSPS) is 17.0. The molecule has 126 valence electrons. The van der Waals surface area contributed by atoms with Crippen LogP contribution < -0.4 is 10.2 Å². The minimum atomic E-state index is -0.187. The van der Waals surface area contributed by atoms with Crippen molar-refractivity contribution in [1.82, 2.24) is 4.98 Å². The second kappa shape index (κ2) is 6.55. The molecule has 3 aromatic rings. The Labute approximate surface area is 147 Å². The standard InChI is InChI=1S/C21H21N3O/c1-15-12-13-24(14-15)18-9-7-17(8-10-18)22-21(25)20-11-6-16-4-2-3-5-19(16)23-20/h2-11,15H,12-14H2,1H3,(H,22,25). The quantitative estimate of drug-likeness (QED) is 0.777. The van der Waals surface area contributed by atoms with Gasteiger partial charge in [0.15, 0.2) is 0 Å². The molecule has 4 rings (SSSR count). The molecule has 1 N–H and O–H groups in total. The number of nitrogens with zero attached hydrogens (tertiary/aromatic N) is 2. The molecule has 2 aromatic carbocycles. The summed E-state index contributed by atoms with van der Waals surface area (Å²) in [7, 11) is 0. The summed E-state index contributed by atoms with van der Waals surface area (Å²) in [5, 5.41) is 3.96. The van der Waals surface area contributed by atoms with Crippen LogP contribution in [0.25, 0.3) is 10.9 Å². The van der Waals surface area contributed by atoms with Gasteiger partial charge in [0.1, 0.15) is 5.69 Å². The van der Waals surface area contributed by atoms with Crippen LogP contribution in [0.3, 0.4) is 0 Å². The van der Waals surface area contributed by atoms with Gasteiger partial charge in [-0.3, -0.25) is 4.79 Å². The van der Waals surface area contributed by atoms with E-state index < -0.39 is 0 Å². The number of hydrogen-bond acceptors (Lipinski definition) is 3. The van der Waals surface area contributed by atoms with E-state index in [0.717, 1.165) is 35.6 Å².